The number of carbonyl (C=O) groups is 1. The Morgan fingerprint density at radius 1 is 1.39 bits per heavy atom. The molecule has 1 aromatic carbocycles. The lowest BCUT2D eigenvalue weighted by Crippen LogP contribution is -2.35. The zero-order valence-electron chi connectivity index (χ0n) is 12.5. The van der Waals surface area contributed by atoms with E-state index in [1.165, 1.54) is 23.1 Å². The van der Waals surface area contributed by atoms with Crippen molar-refractivity contribution in [2.45, 2.75) is 19.0 Å². The molecular weight excluding hydrogens is 318 g/mol. The molecule has 2 rings (SSSR count). The summed E-state index contributed by atoms with van der Waals surface area (Å²) in [4.78, 5) is 13.9. The van der Waals surface area contributed by atoms with Gasteiger partial charge in [-0.1, -0.05) is 12.1 Å². The van der Waals surface area contributed by atoms with Gasteiger partial charge < -0.3 is 14.4 Å². The average Bonchev–Trinajstić information content (AvgIpc) is 2.95. The number of hydrogen-bond acceptors (Lipinski definition) is 3. The molecule has 0 spiro atoms. The molecule has 0 unspecified atom stereocenters. The van der Waals surface area contributed by atoms with Crippen LogP contribution >= 0.6 is 0 Å². The lowest BCUT2D eigenvalue weighted by atomic mass is 10.1. The summed E-state index contributed by atoms with van der Waals surface area (Å²) < 4.78 is 59.9. The second-order valence-corrected chi connectivity index (χ2v) is 5.32. The van der Waals surface area contributed by atoms with Crippen molar-refractivity contribution >= 4 is 5.91 Å². The van der Waals surface area contributed by atoms with Crippen molar-refractivity contribution in [1.29, 1.82) is 0 Å². The van der Waals surface area contributed by atoms with Gasteiger partial charge in [0.05, 0.1) is 12.2 Å². The number of para-hydroxylation sites is 1. The van der Waals surface area contributed by atoms with Crippen LogP contribution in [0.5, 0.6) is 5.75 Å². The zero-order chi connectivity index (χ0) is 17.0. The summed E-state index contributed by atoms with van der Waals surface area (Å²) in [5.41, 5.74) is -0.161. The van der Waals surface area contributed by atoms with Crippen LogP contribution in [0.15, 0.2) is 24.3 Å². The molecule has 1 heterocycles. The molecule has 4 nitrogen and oxygen atoms in total. The van der Waals surface area contributed by atoms with E-state index < -0.39 is 24.2 Å². The van der Waals surface area contributed by atoms with Crippen LogP contribution in [0.2, 0.25) is 0 Å². The summed E-state index contributed by atoms with van der Waals surface area (Å²) >= 11 is 0. The van der Waals surface area contributed by atoms with Gasteiger partial charge in [-0.15, -0.1) is 0 Å². The maximum Gasteiger partial charge on any atom is 0.461 e. The van der Waals surface area contributed by atoms with Crippen molar-refractivity contribution < 1.29 is 31.8 Å². The van der Waals surface area contributed by atoms with Gasteiger partial charge in [0.2, 0.25) is 0 Å². The number of ether oxygens (including phenoxy) is 2. The minimum absolute atomic E-state index is 0.161. The molecule has 1 atom stereocenters. The Morgan fingerprint density at radius 3 is 2.74 bits per heavy atom. The molecule has 0 saturated carbocycles. The number of methoxy groups -OCH3 is 1. The highest BCUT2D eigenvalue weighted by molar-refractivity contribution is 5.97. The molecule has 8 heteroatoms. The molecule has 0 radical (unpaired) electrons. The fourth-order valence-corrected chi connectivity index (χ4v) is 2.48. The molecule has 0 aromatic heterocycles. The molecule has 1 fully saturated rings. The van der Waals surface area contributed by atoms with Crippen LogP contribution in [-0.2, 0) is 4.74 Å². The highest BCUT2D eigenvalue weighted by Gasteiger charge is 2.44. The van der Waals surface area contributed by atoms with Crippen molar-refractivity contribution in [2.75, 3.05) is 26.8 Å². The van der Waals surface area contributed by atoms with Crippen LogP contribution in [0, 0.1) is 5.92 Å². The van der Waals surface area contributed by atoms with Gasteiger partial charge in [0.1, 0.15) is 5.75 Å². The van der Waals surface area contributed by atoms with Crippen LogP contribution in [0.25, 0.3) is 0 Å². The summed E-state index contributed by atoms with van der Waals surface area (Å²) in [6.45, 7) is 1.37. The smallest absolute Gasteiger partial charge is 0.427 e. The summed E-state index contributed by atoms with van der Waals surface area (Å²) in [6.07, 6.45) is -7.90. The number of halogens is 4. The molecule has 1 aliphatic rings. The zero-order valence-corrected chi connectivity index (χ0v) is 12.5. The summed E-state index contributed by atoms with van der Waals surface area (Å²) in [5.74, 6) is -0.915. The largest absolute Gasteiger partial charge is 0.461 e. The average molecular weight is 335 g/mol. The normalized spacial score (nSPS) is 18.5. The van der Waals surface area contributed by atoms with Gasteiger partial charge >= 0.3 is 12.5 Å². The summed E-state index contributed by atoms with van der Waals surface area (Å²) in [7, 11) is 1.56. The maximum atomic E-state index is 13.1. The van der Waals surface area contributed by atoms with Gasteiger partial charge in [-0.25, -0.2) is 0 Å². The predicted molar refractivity (Wildman–Crippen MR) is 73.9 cm³/mol. The van der Waals surface area contributed by atoms with Crippen molar-refractivity contribution in [3.05, 3.63) is 29.8 Å². The third-order valence-electron chi connectivity index (χ3n) is 3.59. The quantitative estimate of drug-likeness (QED) is 0.750. The number of amides is 1. The Balaban J connectivity index is 2.15. The number of benzene rings is 1. The molecule has 23 heavy (non-hydrogen) atoms. The van der Waals surface area contributed by atoms with Crippen LogP contribution in [-0.4, -0.2) is 50.1 Å². The van der Waals surface area contributed by atoms with Gasteiger partial charge in [-0.2, -0.15) is 17.6 Å². The number of rotatable bonds is 6. The van der Waals surface area contributed by atoms with E-state index in [2.05, 4.69) is 4.74 Å². The van der Waals surface area contributed by atoms with E-state index in [9.17, 15) is 22.4 Å². The number of nitrogens with zero attached hydrogens (tertiary/aromatic N) is 1. The summed E-state index contributed by atoms with van der Waals surface area (Å²) in [6, 6.07) is 5.16. The van der Waals surface area contributed by atoms with Gasteiger partial charge in [0, 0.05) is 26.1 Å². The topological polar surface area (TPSA) is 38.8 Å². The number of alkyl halides is 4. The Morgan fingerprint density at radius 2 is 2.09 bits per heavy atom. The second-order valence-electron chi connectivity index (χ2n) is 5.32. The molecular formula is C15H17F4NO3. The lowest BCUT2D eigenvalue weighted by molar-refractivity contribution is -0.253. The molecule has 0 bridgehead atoms. The monoisotopic (exact) mass is 335 g/mol. The van der Waals surface area contributed by atoms with Crippen LogP contribution in [0.1, 0.15) is 16.8 Å². The molecule has 1 aromatic rings. The maximum absolute atomic E-state index is 13.1. The van der Waals surface area contributed by atoms with Crippen molar-refractivity contribution in [2.24, 2.45) is 5.92 Å². The third kappa shape index (κ3) is 4.13. The third-order valence-corrected chi connectivity index (χ3v) is 3.59. The van der Waals surface area contributed by atoms with E-state index in [1.54, 1.807) is 7.11 Å². The van der Waals surface area contributed by atoms with Crippen molar-refractivity contribution in [1.82, 2.24) is 4.90 Å². The number of likely N-dealkylation sites (tertiary alicyclic amines) is 1. The fraction of sp³-hybridized carbons (Fsp3) is 0.533. The van der Waals surface area contributed by atoms with E-state index in [4.69, 9.17) is 4.74 Å². The van der Waals surface area contributed by atoms with E-state index in [0.717, 1.165) is 12.5 Å². The van der Waals surface area contributed by atoms with Crippen molar-refractivity contribution in [3.63, 3.8) is 0 Å². The minimum Gasteiger partial charge on any atom is -0.427 e. The van der Waals surface area contributed by atoms with Gasteiger partial charge in [-0.05, 0) is 18.6 Å². The highest BCUT2D eigenvalue weighted by atomic mass is 19.3. The Kier molecular flexibility index (Phi) is 5.46. The first-order valence-corrected chi connectivity index (χ1v) is 7.07. The molecule has 1 aliphatic heterocycles. The van der Waals surface area contributed by atoms with Crippen LogP contribution in [0.4, 0.5) is 17.6 Å². The number of carbonyl (C=O) groups excluding carboxylic acids is 1. The molecule has 1 amide bonds. The van der Waals surface area contributed by atoms with Crippen molar-refractivity contribution in [3.8, 4) is 5.75 Å². The highest BCUT2D eigenvalue weighted by Crippen LogP contribution is 2.31. The Hall–Kier alpha value is -1.83. The fourth-order valence-electron chi connectivity index (χ4n) is 2.48. The van der Waals surface area contributed by atoms with Gasteiger partial charge in [-0.3, -0.25) is 4.79 Å². The first-order chi connectivity index (χ1) is 10.8. The molecule has 0 N–H and O–H groups in total. The first-order valence-electron chi connectivity index (χ1n) is 7.07. The van der Waals surface area contributed by atoms with E-state index in [1.807, 2.05) is 0 Å². The first kappa shape index (κ1) is 17.5. The molecule has 128 valence electrons. The summed E-state index contributed by atoms with van der Waals surface area (Å²) in [5, 5.41) is 0. The number of hydrogen-bond donors (Lipinski definition) is 0. The molecule has 1 saturated heterocycles. The Labute approximate surface area is 131 Å². The minimum atomic E-state index is -4.65. The van der Waals surface area contributed by atoms with E-state index in [-0.39, 0.29) is 11.5 Å². The molecule has 0 aliphatic carbocycles. The van der Waals surface area contributed by atoms with E-state index >= 15 is 0 Å². The Bertz CT molecular complexity index is 553. The predicted octanol–water partition coefficient (Wildman–Crippen LogP) is 3.03. The van der Waals surface area contributed by atoms with Crippen LogP contribution < -0.4 is 4.74 Å². The lowest BCUT2D eigenvalue weighted by Gasteiger charge is -2.21. The second kappa shape index (κ2) is 7.16. The standard InChI is InChI=1S/C15H17F4NO3/c1-22-9-10-6-7-20(8-10)13(21)11-4-2-3-5-12(11)23-15(18,19)14(16)17/h2-5,10,14H,6-9H2,1H3/t10-/m1/s1. The SMILES string of the molecule is COC[C@@H]1CCN(C(=O)c2ccccc2OC(F)(F)C(F)F)C1. The van der Waals surface area contributed by atoms with Gasteiger partial charge in [0.15, 0.2) is 0 Å². The van der Waals surface area contributed by atoms with E-state index in [0.29, 0.717) is 19.7 Å². The van der Waals surface area contributed by atoms with Gasteiger partial charge in [0.25, 0.3) is 5.91 Å². The van der Waals surface area contributed by atoms with Crippen LogP contribution in [0.3, 0.4) is 0 Å².